The maximum Gasteiger partial charge on any atom is 0.128 e. The van der Waals surface area contributed by atoms with Crippen LogP contribution in [0.15, 0.2) is 22.8 Å². The fourth-order valence-corrected chi connectivity index (χ4v) is 1.76. The van der Waals surface area contributed by atoms with Gasteiger partial charge in [-0.2, -0.15) is 0 Å². The summed E-state index contributed by atoms with van der Waals surface area (Å²) in [7, 11) is 0. The number of hydrogen-bond donors (Lipinski definition) is 1. The minimum Gasteiger partial charge on any atom is -0.352 e. The molecular weight excluding hydrogens is 230 g/mol. The monoisotopic (exact) mass is 241 g/mol. The van der Waals surface area contributed by atoms with E-state index in [4.69, 9.17) is 5.73 Å². The van der Waals surface area contributed by atoms with Crippen LogP contribution >= 0.6 is 15.9 Å². The summed E-state index contributed by atoms with van der Waals surface area (Å²) >= 11 is 3.36. The van der Waals surface area contributed by atoms with Crippen LogP contribution in [0.1, 0.15) is 6.42 Å². The van der Waals surface area contributed by atoms with Crippen LogP contribution in [0.25, 0.3) is 0 Å². The number of hydrogen-bond acceptors (Lipinski definition) is 3. The fraction of sp³-hybridized carbons (Fsp3) is 0.444. The second kappa shape index (κ2) is 3.64. The number of nitrogens with two attached hydrogens (primary N) is 1. The highest BCUT2D eigenvalue weighted by atomic mass is 79.9. The molecule has 0 amide bonds. The van der Waals surface area contributed by atoms with Crippen molar-refractivity contribution in [2.45, 2.75) is 12.5 Å². The van der Waals surface area contributed by atoms with Crippen molar-refractivity contribution in [2.75, 3.05) is 18.0 Å². The molecule has 0 aliphatic carbocycles. The van der Waals surface area contributed by atoms with E-state index in [-0.39, 0.29) is 0 Å². The van der Waals surface area contributed by atoms with E-state index in [1.54, 1.807) is 0 Å². The molecule has 0 radical (unpaired) electrons. The molecule has 1 fully saturated rings. The maximum atomic E-state index is 5.61. The summed E-state index contributed by atoms with van der Waals surface area (Å²) in [5, 5.41) is 0. The molecule has 1 aromatic heterocycles. The molecule has 1 unspecified atom stereocenters. The molecule has 1 aliphatic heterocycles. The van der Waals surface area contributed by atoms with Crippen molar-refractivity contribution >= 4 is 21.7 Å². The lowest BCUT2D eigenvalue weighted by molar-refractivity contribution is 0.452. The number of rotatable bonds is 2. The van der Waals surface area contributed by atoms with Gasteiger partial charge >= 0.3 is 0 Å². The summed E-state index contributed by atoms with van der Waals surface area (Å²) in [5.41, 5.74) is 5.61. The molecule has 0 spiro atoms. The SMILES string of the molecule is NCC1CCN1c1ccc(Br)cn1. The number of halogens is 1. The van der Waals surface area contributed by atoms with Crippen molar-refractivity contribution in [2.24, 2.45) is 5.73 Å². The van der Waals surface area contributed by atoms with Gasteiger partial charge in [0.2, 0.25) is 0 Å². The Labute approximate surface area is 86.1 Å². The van der Waals surface area contributed by atoms with E-state index in [2.05, 4.69) is 25.8 Å². The zero-order chi connectivity index (χ0) is 9.26. The van der Waals surface area contributed by atoms with Gasteiger partial charge < -0.3 is 10.6 Å². The lowest BCUT2D eigenvalue weighted by Crippen LogP contribution is -2.52. The van der Waals surface area contributed by atoms with Gasteiger partial charge in [-0.25, -0.2) is 4.98 Å². The van der Waals surface area contributed by atoms with E-state index in [1.807, 2.05) is 18.3 Å². The van der Waals surface area contributed by atoms with Crippen LogP contribution in [0, 0.1) is 0 Å². The number of aromatic nitrogens is 1. The van der Waals surface area contributed by atoms with Gasteiger partial charge in [0.05, 0.1) is 0 Å². The molecule has 2 heterocycles. The third kappa shape index (κ3) is 1.69. The molecule has 70 valence electrons. The molecule has 3 nitrogen and oxygen atoms in total. The normalized spacial score (nSPS) is 21.4. The summed E-state index contributed by atoms with van der Waals surface area (Å²) in [6, 6.07) is 4.52. The molecule has 2 N–H and O–H groups in total. The van der Waals surface area contributed by atoms with Gasteiger partial charge in [0, 0.05) is 29.8 Å². The molecular formula is C9H12BrN3. The van der Waals surface area contributed by atoms with Crippen molar-refractivity contribution in [1.82, 2.24) is 4.98 Å². The molecule has 0 saturated carbocycles. The minimum atomic E-state index is 0.494. The van der Waals surface area contributed by atoms with Crippen LogP contribution in [0.2, 0.25) is 0 Å². The van der Waals surface area contributed by atoms with Crippen LogP contribution in [-0.2, 0) is 0 Å². The second-order valence-corrected chi connectivity index (χ2v) is 4.12. The summed E-state index contributed by atoms with van der Waals surface area (Å²) in [6.07, 6.45) is 3.01. The standard InChI is InChI=1S/C9H12BrN3/c10-7-1-2-9(12-6-7)13-4-3-8(13)5-11/h1-2,6,8H,3-5,11H2. The first-order valence-corrected chi connectivity index (χ1v) is 5.19. The Morgan fingerprint density at radius 1 is 1.62 bits per heavy atom. The third-order valence-electron chi connectivity index (χ3n) is 2.42. The van der Waals surface area contributed by atoms with E-state index in [0.717, 1.165) is 23.4 Å². The molecule has 1 aliphatic rings. The van der Waals surface area contributed by atoms with Gasteiger partial charge in [0.15, 0.2) is 0 Å². The number of anilines is 1. The van der Waals surface area contributed by atoms with Gasteiger partial charge in [-0.3, -0.25) is 0 Å². The van der Waals surface area contributed by atoms with Crippen LogP contribution < -0.4 is 10.6 Å². The highest BCUT2D eigenvalue weighted by Gasteiger charge is 2.27. The van der Waals surface area contributed by atoms with E-state index in [1.165, 1.54) is 6.42 Å². The highest BCUT2D eigenvalue weighted by Crippen LogP contribution is 2.24. The summed E-state index contributed by atoms with van der Waals surface area (Å²) in [5.74, 6) is 1.03. The number of nitrogens with zero attached hydrogens (tertiary/aromatic N) is 2. The Bertz CT molecular complexity index is 283. The maximum absolute atomic E-state index is 5.61. The smallest absolute Gasteiger partial charge is 0.128 e. The van der Waals surface area contributed by atoms with Crippen molar-refractivity contribution in [3.8, 4) is 0 Å². The van der Waals surface area contributed by atoms with E-state index in [0.29, 0.717) is 6.04 Å². The molecule has 1 aromatic rings. The largest absolute Gasteiger partial charge is 0.352 e. The van der Waals surface area contributed by atoms with Crippen LogP contribution in [0.4, 0.5) is 5.82 Å². The molecule has 0 aromatic carbocycles. The van der Waals surface area contributed by atoms with Crippen molar-refractivity contribution < 1.29 is 0 Å². The summed E-state index contributed by atoms with van der Waals surface area (Å²) < 4.78 is 1.01. The molecule has 13 heavy (non-hydrogen) atoms. The van der Waals surface area contributed by atoms with Gasteiger partial charge in [-0.1, -0.05) is 0 Å². The van der Waals surface area contributed by atoms with Gasteiger partial charge in [-0.15, -0.1) is 0 Å². The molecule has 1 atom stereocenters. The van der Waals surface area contributed by atoms with E-state index < -0.39 is 0 Å². The Morgan fingerprint density at radius 3 is 2.92 bits per heavy atom. The summed E-state index contributed by atoms with van der Waals surface area (Å²) in [6.45, 7) is 1.80. The Kier molecular flexibility index (Phi) is 2.51. The topological polar surface area (TPSA) is 42.1 Å². The molecule has 2 rings (SSSR count). The quantitative estimate of drug-likeness (QED) is 0.851. The zero-order valence-electron chi connectivity index (χ0n) is 7.28. The van der Waals surface area contributed by atoms with Gasteiger partial charge in [0.1, 0.15) is 5.82 Å². The fourth-order valence-electron chi connectivity index (χ4n) is 1.53. The first kappa shape index (κ1) is 8.97. The Hall–Kier alpha value is -0.610. The predicted octanol–water partition coefficient (Wildman–Crippen LogP) is 1.38. The Morgan fingerprint density at radius 2 is 2.46 bits per heavy atom. The first-order valence-electron chi connectivity index (χ1n) is 4.39. The van der Waals surface area contributed by atoms with Crippen LogP contribution in [-0.4, -0.2) is 24.1 Å². The number of pyridine rings is 1. The average molecular weight is 242 g/mol. The Balaban J connectivity index is 2.12. The third-order valence-corrected chi connectivity index (χ3v) is 2.89. The molecule has 4 heteroatoms. The molecule has 1 saturated heterocycles. The predicted molar refractivity (Wildman–Crippen MR) is 56.7 cm³/mol. The first-order chi connectivity index (χ1) is 6.31. The highest BCUT2D eigenvalue weighted by molar-refractivity contribution is 9.10. The van der Waals surface area contributed by atoms with Crippen LogP contribution in [0.3, 0.4) is 0 Å². The minimum absolute atomic E-state index is 0.494. The van der Waals surface area contributed by atoms with Gasteiger partial charge in [-0.05, 0) is 34.5 Å². The van der Waals surface area contributed by atoms with Crippen molar-refractivity contribution in [3.63, 3.8) is 0 Å². The van der Waals surface area contributed by atoms with E-state index in [9.17, 15) is 0 Å². The lowest BCUT2D eigenvalue weighted by Gasteiger charge is -2.41. The van der Waals surface area contributed by atoms with Crippen molar-refractivity contribution in [1.29, 1.82) is 0 Å². The second-order valence-electron chi connectivity index (χ2n) is 3.21. The average Bonchev–Trinajstić information content (AvgIpc) is 2.08. The zero-order valence-corrected chi connectivity index (χ0v) is 8.87. The summed E-state index contributed by atoms with van der Waals surface area (Å²) in [4.78, 5) is 6.56. The van der Waals surface area contributed by atoms with Crippen LogP contribution in [0.5, 0.6) is 0 Å². The molecule has 0 bridgehead atoms. The van der Waals surface area contributed by atoms with E-state index >= 15 is 0 Å². The van der Waals surface area contributed by atoms with Gasteiger partial charge in [0.25, 0.3) is 0 Å². The lowest BCUT2D eigenvalue weighted by atomic mass is 10.0. The van der Waals surface area contributed by atoms with Crippen molar-refractivity contribution in [3.05, 3.63) is 22.8 Å².